The summed E-state index contributed by atoms with van der Waals surface area (Å²) < 4.78 is 32.3. The summed E-state index contributed by atoms with van der Waals surface area (Å²) in [6, 6.07) is 7.30. The third-order valence-electron chi connectivity index (χ3n) is 2.91. The van der Waals surface area contributed by atoms with Gasteiger partial charge in [0.2, 0.25) is 0 Å². The molecule has 0 aliphatic rings. The topological polar surface area (TPSA) is 46.5 Å². The van der Waals surface area contributed by atoms with Gasteiger partial charge in [0.05, 0.1) is 6.61 Å². The average Bonchev–Trinajstić information content (AvgIpc) is 2.47. The van der Waals surface area contributed by atoms with Gasteiger partial charge in [-0.15, -0.1) is 0 Å². The summed E-state index contributed by atoms with van der Waals surface area (Å²) in [6.07, 6.45) is 0.735. The van der Waals surface area contributed by atoms with Crippen LogP contribution in [0.25, 0.3) is 11.1 Å². The van der Waals surface area contributed by atoms with Crippen LogP contribution in [0.3, 0.4) is 0 Å². The van der Waals surface area contributed by atoms with Crippen molar-refractivity contribution in [1.82, 2.24) is 0 Å². The molecule has 0 bridgehead atoms. The van der Waals surface area contributed by atoms with Gasteiger partial charge in [-0.2, -0.15) is 0 Å². The van der Waals surface area contributed by atoms with Crippen LogP contribution in [0.2, 0.25) is 0 Å². The highest BCUT2D eigenvalue weighted by molar-refractivity contribution is 5.92. The smallest absolute Gasteiger partial charge is 0.339 e. The molecule has 3 nitrogen and oxygen atoms in total. The molecule has 0 heterocycles. The zero-order chi connectivity index (χ0) is 15.4. The second-order valence-corrected chi connectivity index (χ2v) is 4.49. The number of benzene rings is 2. The summed E-state index contributed by atoms with van der Waals surface area (Å²) >= 11 is 0. The van der Waals surface area contributed by atoms with Gasteiger partial charge in [-0.05, 0) is 42.3 Å². The minimum absolute atomic E-state index is 0.0135. The lowest BCUT2D eigenvalue weighted by atomic mass is 10.0. The Hall–Kier alpha value is -2.43. The number of carbonyl (C=O) groups is 1. The fourth-order valence-electron chi connectivity index (χ4n) is 1.92. The van der Waals surface area contributed by atoms with Crippen LogP contribution in [-0.4, -0.2) is 17.7 Å². The van der Waals surface area contributed by atoms with Gasteiger partial charge >= 0.3 is 5.97 Å². The van der Waals surface area contributed by atoms with Crippen molar-refractivity contribution in [2.45, 2.75) is 13.3 Å². The summed E-state index contributed by atoms with van der Waals surface area (Å²) in [6.45, 7) is 2.28. The van der Waals surface area contributed by atoms with E-state index in [0.717, 1.165) is 24.6 Å². The van der Waals surface area contributed by atoms with Crippen molar-refractivity contribution in [3.8, 4) is 16.9 Å². The molecule has 110 valence electrons. The molecule has 21 heavy (non-hydrogen) atoms. The number of carboxylic acids is 1. The third kappa shape index (κ3) is 3.37. The quantitative estimate of drug-likeness (QED) is 0.901. The lowest BCUT2D eigenvalue weighted by molar-refractivity contribution is 0.0692. The van der Waals surface area contributed by atoms with Crippen LogP contribution >= 0.6 is 0 Å². The first-order valence-corrected chi connectivity index (χ1v) is 6.48. The largest absolute Gasteiger partial charge is 0.493 e. The van der Waals surface area contributed by atoms with Crippen molar-refractivity contribution in [2.24, 2.45) is 0 Å². The Bertz CT molecular complexity index is 669. The Morgan fingerprint density at radius 3 is 2.62 bits per heavy atom. The van der Waals surface area contributed by atoms with Crippen molar-refractivity contribution in [1.29, 1.82) is 0 Å². The molecule has 0 atom stereocenters. The first-order valence-electron chi connectivity index (χ1n) is 6.48. The van der Waals surface area contributed by atoms with Crippen LogP contribution < -0.4 is 4.74 Å². The first-order chi connectivity index (χ1) is 10.0. The number of hydrogen-bond donors (Lipinski definition) is 1. The van der Waals surface area contributed by atoms with Crippen LogP contribution in [0.15, 0.2) is 36.4 Å². The molecule has 5 heteroatoms. The van der Waals surface area contributed by atoms with Crippen LogP contribution in [0.1, 0.15) is 23.7 Å². The standard InChI is InChI=1S/C16H14F2O3/c1-2-7-21-15-6-3-10(8-13(15)16(19)20)12-9-11(17)4-5-14(12)18/h3-6,8-9H,2,7H2,1H3,(H,19,20). The summed E-state index contributed by atoms with van der Waals surface area (Å²) in [4.78, 5) is 11.3. The van der Waals surface area contributed by atoms with Crippen molar-refractivity contribution in [2.75, 3.05) is 6.61 Å². The maximum atomic E-state index is 13.7. The number of aromatic carboxylic acids is 1. The summed E-state index contributed by atoms with van der Waals surface area (Å²) in [5.41, 5.74) is 0.220. The second kappa shape index (κ2) is 6.35. The van der Waals surface area contributed by atoms with Gasteiger partial charge in [-0.25, -0.2) is 13.6 Å². The minimum Gasteiger partial charge on any atom is -0.493 e. The van der Waals surface area contributed by atoms with E-state index >= 15 is 0 Å². The van der Waals surface area contributed by atoms with Crippen LogP contribution in [0.4, 0.5) is 8.78 Å². The van der Waals surface area contributed by atoms with Crippen LogP contribution in [-0.2, 0) is 0 Å². The normalized spacial score (nSPS) is 10.4. The number of hydrogen-bond acceptors (Lipinski definition) is 2. The highest BCUT2D eigenvalue weighted by atomic mass is 19.1. The third-order valence-corrected chi connectivity index (χ3v) is 2.91. The minimum atomic E-state index is -1.18. The molecule has 0 aliphatic heterocycles. The zero-order valence-electron chi connectivity index (χ0n) is 11.4. The number of carboxylic acid groups (broad SMARTS) is 1. The van der Waals surface area contributed by atoms with Gasteiger partial charge < -0.3 is 9.84 Å². The van der Waals surface area contributed by atoms with E-state index in [1.165, 1.54) is 18.2 Å². The Balaban J connectivity index is 2.49. The molecule has 1 N–H and O–H groups in total. The zero-order valence-corrected chi connectivity index (χ0v) is 11.4. The lowest BCUT2D eigenvalue weighted by Gasteiger charge is -2.11. The lowest BCUT2D eigenvalue weighted by Crippen LogP contribution is -2.04. The van der Waals surface area contributed by atoms with Gasteiger partial charge in [0.15, 0.2) is 0 Å². The molecular weight excluding hydrogens is 278 g/mol. The number of rotatable bonds is 5. The molecule has 0 aliphatic carbocycles. The summed E-state index contributed by atoms with van der Waals surface area (Å²) in [7, 11) is 0. The second-order valence-electron chi connectivity index (χ2n) is 4.49. The van der Waals surface area contributed by atoms with Gasteiger partial charge in [0.25, 0.3) is 0 Å². The average molecular weight is 292 g/mol. The molecule has 0 unspecified atom stereocenters. The van der Waals surface area contributed by atoms with E-state index in [4.69, 9.17) is 4.74 Å². The Kier molecular flexibility index (Phi) is 4.52. The monoisotopic (exact) mass is 292 g/mol. The summed E-state index contributed by atoms with van der Waals surface area (Å²) in [5.74, 6) is -2.17. The summed E-state index contributed by atoms with van der Waals surface area (Å²) in [5, 5.41) is 9.21. The van der Waals surface area contributed by atoms with E-state index in [0.29, 0.717) is 6.61 Å². The van der Waals surface area contributed by atoms with E-state index < -0.39 is 17.6 Å². The van der Waals surface area contributed by atoms with Crippen LogP contribution in [0, 0.1) is 11.6 Å². The predicted molar refractivity (Wildman–Crippen MR) is 74.5 cm³/mol. The molecular formula is C16H14F2O3. The van der Waals surface area contributed by atoms with Crippen molar-refractivity contribution < 1.29 is 23.4 Å². The van der Waals surface area contributed by atoms with Crippen molar-refractivity contribution >= 4 is 5.97 Å². The molecule has 0 saturated carbocycles. The van der Waals surface area contributed by atoms with Gasteiger partial charge in [-0.3, -0.25) is 0 Å². The SMILES string of the molecule is CCCOc1ccc(-c2cc(F)ccc2F)cc1C(=O)O. The van der Waals surface area contributed by atoms with Crippen LogP contribution in [0.5, 0.6) is 5.75 Å². The van der Waals surface area contributed by atoms with Crippen molar-refractivity contribution in [3.05, 3.63) is 53.6 Å². The molecule has 2 rings (SSSR count). The molecule has 0 fully saturated rings. The maximum absolute atomic E-state index is 13.7. The molecule has 2 aromatic rings. The fraction of sp³-hybridized carbons (Fsp3) is 0.188. The van der Waals surface area contributed by atoms with Gasteiger partial charge in [-0.1, -0.05) is 13.0 Å². The number of halogens is 2. The van der Waals surface area contributed by atoms with E-state index in [9.17, 15) is 18.7 Å². The molecule has 0 radical (unpaired) electrons. The molecule has 2 aromatic carbocycles. The molecule has 0 spiro atoms. The van der Waals surface area contributed by atoms with Crippen molar-refractivity contribution in [3.63, 3.8) is 0 Å². The van der Waals surface area contributed by atoms with Gasteiger partial charge in [0.1, 0.15) is 22.9 Å². The van der Waals surface area contributed by atoms with E-state index in [1.807, 2.05) is 6.92 Å². The maximum Gasteiger partial charge on any atom is 0.339 e. The Labute approximate surface area is 120 Å². The van der Waals surface area contributed by atoms with E-state index in [1.54, 1.807) is 0 Å². The Morgan fingerprint density at radius 1 is 1.19 bits per heavy atom. The molecule has 0 amide bonds. The highest BCUT2D eigenvalue weighted by Gasteiger charge is 2.15. The highest BCUT2D eigenvalue weighted by Crippen LogP contribution is 2.29. The van der Waals surface area contributed by atoms with E-state index in [2.05, 4.69) is 0 Å². The number of ether oxygens (including phenoxy) is 1. The van der Waals surface area contributed by atoms with E-state index in [-0.39, 0.29) is 22.4 Å². The van der Waals surface area contributed by atoms with Gasteiger partial charge in [0, 0.05) is 5.56 Å². The molecule has 0 saturated heterocycles. The fourth-order valence-corrected chi connectivity index (χ4v) is 1.92. The predicted octanol–water partition coefficient (Wildman–Crippen LogP) is 4.12. The molecule has 0 aromatic heterocycles. The first kappa shape index (κ1) is 15.0. The Morgan fingerprint density at radius 2 is 1.95 bits per heavy atom.